The van der Waals surface area contributed by atoms with Crippen molar-refractivity contribution in [2.45, 2.75) is 28.3 Å². The van der Waals surface area contributed by atoms with Crippen LogP contribution in [-0.4, -0.2) is 106 Å². The van der Waals surface area contributed by atoms with Crippen molar-refractivity contribution >= 4 is 65.9 Å². The van der Waals surface area contributed by atoms with Gasteiger partial charge in [0.25, 0.3) is 25.8 Å². The van der Waals surface area contributed by atoms with Crippen LogP contribution in [0.15, 0.2) is 119 Å². The lowest BCUT2D eigenvalue weighted by Gasteiger charge is -2.36. The Hall–Kier alpha value is -6.35. The highest BCUT2D eigenvalue weighted by atomic mass is 35.5. The average molecular weight is 940 g/mol. The number of alkyl halides is 3. The molecule has 1 fully saturated rings. The Morgan fingerprint density at radius 1 is 0.938 bits per heavy atom. The van der Waals surface area contributed by atoms with Gasteiger partial charge in [-0.05, 0) is 77.7 Å². The van der Waals surface area contributed by atoms with E-state index in [-0.39, 0.29) is 36.6 Å². The number of fused-ring (bicyclic) bond motifs is 1. The Kier molecular flexibility index (Phi) is 13.4. The first-order chi connectivity index (χ1) is 30.4. The Labute approximate surface area is 371 Å². The summed E-state index contributed by atoms with van der Waals surface area (Å²) in [4.78, 5) is 35.2. The van der Waals surface area contributed by atoms with Gasteiger partial charge in [-0.1, -0.05) is 48.0 Å². The van der Waals surface area contributed by atoms with E-state index in [0.29, 0.717) is 60.5 Å². The topological polar surface area (TPSA) is 194 Å². The van der Waals surface area contributed by atoms with Crippen LogP contribution >= 0.6 is 11.6 Å². The highest BCUT2D eigenvalue weighted by Gasteiger charge is 2.48. The van der Waals surface area contributed by atoms with E-state index in [1.54, 1.807) is 30.5 Å². The second kappa shape index (κ2) is 18.8. The number of nitrogens with zero attached hydrogens (tertiary/aromatic N) is 4. The number of carbonyl (C=O) groups excluding carboxylic acids is 1. The minimum absolute atomic E-state index is 0.0371. The number of aromatic amines is 1. The second-order valence-electron chi connectivity index (χ2n) is 14.8. The van der Waals surface area contributed by atoms with Crippen LogP contribution in [0.2, 0.25) is 5.02 Å². The number of sulfone groups is 1. The number of piperazine rings is 1. The van der Waals surface area contributed by atoms with Gasteiger partial charge in [0.05, 0.1) is 22.3 Å². The van der Waals surface area contributed by atoms with Crippen LogP contribution in [0.5, 0.6) is 11.5 Å². The third kappa shape index (κ3) is 10.4. The number of aromatic nitrogens is 2. The number of hydrogen-bond donors (Lipinski definition) is 4. The summed E-state index contributed by atoms with van der Waals surface area (Å²) in [6, 6.07) is 25.8. The van der Waals surface area contributed by atoms with Gasteiger partial charge < -0.3 is 29.9 Å². The molecule has 1 aliphatic rings. The first kappa shape index (κ1) is 45.7. The zero-order valence-electron chi connectivity index (χ0n) is 34.0. The van der Waals surface area contributed by atoms with E-state index in [4.69, 9.17) is 21.4 Å². The van der Waals surface area contributed by atoms with Crippen molar-refractivity contribution in [1.29, 1.82) is 0 Å². The molecule has 0 spiro atoms. The van der Waals surface area contributed by atoms with Gasteiger partial charge in [0.15, 0.2) is 0 Å². The maximum Gasteiger partial charge on any atom is 0.501 e. The zero-order valence-corrected chi connectivity index (χ0v) is 36.4. The van der Waals surface area contributed by atoms with E-state index < -0.39 is 52.8 Å². The molecular formula is C43H41ClF3N7O8S2. The first-order valence-corrected chi connectivity index (χ1v) is 23.0. The molecule has 21 heteroatoms. The summed E-state index contributed by atoms with van der Waals surface area (Å²) < 4.78 is 102. The number of hydrogen-bond acceptors (Lipinski definition) is 11. The zero-order chi connectivity index (χ0) is 45.8. The molecule has 0 aliphatic carbocycles. The molecule has 3 heterocycles. The molecule has 0 bridgehead atoms. The Bertz CT molecular complexity index is 2910. The summed E-state index contributed by atoms with van der Waals surface area (Å²) in [5.41, 5.74) is -2.13. The molecule has 0 saturated carbocycles. The molecule has 4 aromatic carbocycles. The molecule has 0 radical (unpaired) electrons. The summed E-state index contributed by atoms with van der Waals surface area (Å²) in [5.74, 6) is -1.06. The number of amides is 2. The molecule has 6 aromatic rings. The number of carboxylic acid groups (broad SMARTS) is 1. The lowest BCUT2D eigenvalue weighted by atomic mass is 9.99. The largest absolute Gasteiger partial charge is 0.501 e. The number of sulfonamides is 1. The van der Waals surface area contributed by atoms with Gasteiger partial charge in [-0.3, -0.25) is 9.69 Å². The van der Waals surface area contributed by atoms with Crippen LogP contribution in [0.1, 0.15) is 22.3 Å². The molecule has 2 aromatic heterocycles. The predicted molar refractivity (Wildman–Crippen MR) is 235 cm³/mol. The van der Waals surface area contributed by atoms with Gasteiger partial charge in [0, 0.05) is 81.2 Å². The fourth-order valence-corrected chi connectivity index (χ4v) is 9.24. The summed E-state index contributed by atoms with van der Waals surface area (Å²) in [5, 5.41) is 12.9. The summed E-state index contributed by atoms with van der Waals surface area (Å²) >= 11 is 6.13. The summed E-state index contributed by atoms with van der Waals surface area (Å²) in [7, 11) is -9.87. The first-order valence-electron chi connectivity index (χ1n) is 19.7. The Morgan fingerprint density at radius 2 is 1.67 bits per heavy atom. The molecule has 15 nitrogen and oxygen atoms in total. The number of nitrogens with one attached hydrogen (secondary N) is 3. The van der Waals surface area contributed by atoms with E-state index >= 15 is 0 Å². The van der Waals surface area contributed by atoms with Gasteiger partial charge in [0.2, 0.25) is 0 Å². The van der Waals surface area contributed by atoms with Crippen LogP contribution in [0, 0.1) is 0 Å². The van der Waals surface area contributed by atoms with E-state index in [1.807, 2.05) is 41.1 Å². The minimum atomic E-state index is -6.12. The van der Waals surface area contributed by atoms with Crippen molar-refractivity contribution in [1.82, 2.24) is 24.5 Å². The molecule has 2 amide bonds. The van der Waals surface area contributed by atoms with Crippen molar-refractivity contribution in [3.8, 4) is 22.6 Å². The molecule has 0 unspecified atom stereocenters. The third-order valence-electron chi connectivity index (χ3n) is 10.5. The van der Waals surface area contributed by atoms with Crippen LogP contribution in [0.4, 0.5) is 29.3 Å². The number of ether oxygens (including phenoxy) is 1. The van der Waals surface area contributed by atoms with Crippen molar-refractivity contribution in [2.24, 2.45) is 0 Å². The molecule has 4 N–H and O–H groups in total. The Balaban J connectivity index is 1.12. The second-order valence-corrected chi connectivity index (χ2v) is 18.9. The van der Waals surface area contributed by atoms with Gasteiger partial charge >= 0.3 is 11.6 Å². The molecule has 7 rings (SSSR count). The standard InChI is InChI=1S/C43H41ClF3N7O8S2/c1-52(42(56)57)18-4-16-48-37-14-12-34(25-39(37)63(58,59)43(45,46)47)64(60,61)51-41(55)36-13-11-32(24-38(36)62-33-23-29-15-17-49-40(29)50-26-33)54-21-19-53(20-22-54)27-30-5-2-3-6-35(30)28-7-9-31(44)10-8-28/h2-3,5-15,17,23-26,48H,4,16,18-22,27H2,1H3,(H,49,50)(H,51,55)(H,56,57). The van der Waals surface area contributed by atoms with Crippen LogP contribution < -0.4 is 19.7 Å². The highest BCUT2D eigenvalue weighted by molar-refractivity contribution is 7.92. The predicted octanol–water partition coefficient (Wildman–Crippen LogP) is 7.82. The van der Waals surface area contributed by atoms with Crippen molar-refractivity contribution in [2.75, 3.05) is 56.5 Å². The molecule has 0 atom stereocenters. The third-order valence-corrected chi connectivity index (χ3v) is 13.6. The van der Waals surface area contributed by atoms with E-state index in [1.165, 1.54) is 19.3 Å². The van der Waals surface area contributed by atoms with Crippen LogP contribution in [0.25, 0.3) is 22.2 Å². The van der Waals surface area contributed by atoms with Gasteiger partial charge in [-0.15, -0.1) is 0 Å². The monoisotopic (exact) mass is 939 g/mol. The lowest BCUT2D eigenvalue weighted by Crippen LogP contribution is -2.46. The number of rotatable bonds is 15. The number of H-pyrrole nitrogens is 1. The molecule has 1 aliphatic heterocycles. The van der Waals surface area contributed by atoms with Crippen molar-refractivity contribution in [3.63, 3.8) is 0 Å². The number of halogens is 4. The summed E-state index contributed by atoms with van der Waals surface area (Å²) in [6.45, 7) is 3.04. The number of pyridine rings is 1. The Morgan fingerprint density at radius 3 is 2.39 bits per heavy atom. The smallest absolute Gasteiger partial charge is 0.465 e. The summed E-state index contributed by atoms with van der Waals surface area (Å²) in [6.07, 6.45) is 1.91. The quantitative estimate of drug-likeness (QED) is 0.0731. The fourth-order valence-electron chi connectivity index (χ4n) is 7.09. The van der Waals surface area contributed by atoms with Gasteiger partial charge in [-0.2, -0.15) is 13.2 Å². The fraction of sp³-hybridized carbons (Fsp3) is 0.233. The number of anilines is 2. The molecule has 64 heavy (non-hydrogen) atoms. The maximum absolute atomic E-state index is 13.9. The normalized spacial score (nSPS) is 13.7. The van der Waals surface area contributed by atoms with E-state index in [0.717, 1.165) is 33.7 Å². The molecule has 336 valence electrons. The van der Waals surface area contributed by atoms with Crippen molar-refractivity contribution < 1.29 is 49.4 Å². The average Bonchev–Trinajstić information content (AvgIpc) is 3.73. The maximum atomic E-state index is 13.9. The number of benzene rings is 4. The minimum Gasteiger partial charge on any atom is -0.465 e. The SMILES string of the molecule is CN(CCCNc1ccc(S(=O)(=O)NC(=O)c2ccc(N3CCN(Cc4ccccc4-c4ccc(Cl)cc4)CC3)cc2Oc2cnc3[nH]ccc3c2)cc1S(=O)(=O)C(F)(F)F)C(=O)O. The van der Waals surface area contributed by atoms with Crippen LogP contribution in [-0.2, 0) is 26.4 Å². The number of carbonyl (C=O) groups is 2. The van der Waals surface area contributed by atoms with Gasteiger partial charge in [-0.25, -0.2) is 31.3 Å². The van der Waals surface area contributed by atoms with E-state index in [9.17, 15) is 39.6 Å². The van der Waals surface area contributed by atoms with Gasteiger partial charge in [0.1, 0.15) is 22.0 Å². The van der Waals surface area contributed by atoms with Crippen molar-refractivity contribution in [3.05, 3.63) is 126 Å². The van der Waals surface area contributed by atoms with Crippen LogP contribution in [0.3, 0.4) is 0 Å². The molecule has 1 saturated heterocycles. The lowest BCUT2D eigenvalue weighted by molar-refractivity contribution is -0.0435. The van der Waals surface area contributed by atoms with E-state index in [2.05, 4.69) is 37.2 Å². The highest BCUT2D eigenvalue weighted by Crippen LogP contribution is 2.37. The molecular weight excluding hydrogens is 899 g/mol.